The lowest BCUT2D eigenvalue weighted by molar-refractivity contribution is -0.118. The van der Waals surface area contributed by atoms with Crippen LogP contribution in [0.1, 0.15) is 34.6 Å². The molecule has 0 saturated heterocycles. The lowest BCUT2D eigenvalue weighted by atomic mass is 10.2. The van der Waals surface area contributed by atoms with Crippen molar-refractivity contribution in [1.82, 2.24) is 10.6 Å². The minimum Gasteiger partial charge on any atom is -0.444 e. The number of hydrogen-bond donors (Lipinski definition) is 2. The SMILES string of the molecule is CC(=O)NCSC[C@H](C)NC(=O)OC(C)(C)C. The van der Waals surface area contributed by atoms with Gasteiger partial charge in [0, 0.05) is 18.7 Å². The number of amides is 2. The van der Waals surface area contributed by atoms with Gasteiger partial charge in [0.2, 0.25) is 5.91 Å². The Morgan fingerprint density at radius 1 is 1.35 bits per heavy atom. The number of alkyl carbamates (subject to hydrolysis) is 1. The fourth-order valence-corrected chi connectivity index (χ4v) is 1.80. The number of carbonyl (C=O) groups excluding carboxylic acids is 2. The molecular formula is C11H22N2O3S. The van der Waals surface area contributed by atoms with Crippen LogP contribution >= 0.6 is 11.8 Å². The predicted molar refractivity (Wildman–Crippen MR) is 70.0 cm³/mol. The van der Waals surface area contributed by atoms with Crippen LogP contribution in [0.2, 0.25) is 0 Å². The van der Waals surface area contributed by atoms with E-state index in [4.69, 9.17) is 4.74 Å². The van der Waals surface area contributed by atoms with Gasteiger partial charge in [-0.05, 0) is 27.7 Å². The van der Waals surface area contributed by atoms with Crippen molar-refractivity contribution in [2.24, 2.45) is 0 Å². The quantitative estimate of drug-likeness (QED) is 0.585. The van der Waals surface area contributed by atoms with Gasteiger partial charge in [-0.2, -0.15) is 0 Å². The zero-order chi connectivity index (χ0) is 13.5. The van der Waals surface area contributed by atoms with Gasteiger partial charge in [0.05, 0.1) is 5.88 Å². The van der Waals surface area contributed by atoms with Gasteiger partial charge in [-0.1, -0.05) is 0 Å². The van der Waals surface area contributed by atoms with Gasteiger partial charge in [0.25, 0.3) is 0 Å². The molecule has 17 heavy (non-hydrogen) atoms. The molecule has 6 heteroatoms. The summed E-state index contributed by atoms with van der Waals surface area (Å²) in [6.45, 7) is 8.84. The molecule has 0 spiro atoms. The summed E-state index contributed by atoms with van der Waals surface area (Å²) >= 11 is 1.55. The second-order valence-corrected chi connectivity index (χ2v) is 5.83. The van der Waals surface area contributed by atoms with Crippen LogP contribution in [-0.2, 0) is 9.53 Å². The topological polar surface area (TPSA) is 67.4 Å². The average molecular weight is 262 g/mol. The first kappa shape index (κ1) is 16.1. The third kappa shape index (κ3) is 11.4. The predicted octanol–water partition coefficient (Wildman–Crippen LogP) is 1.73. The van der Waals surface area contributed by atoms with E-state index >= 15 is 0 Å². The van der Waals surface area contributed by atoms with Crippen molar-refractivity contribution in [3.63, 3.8) is 0 Å². The standard InChI is InChI=1S/C11H22N2O3S/c1-8(6-17-7-12-9(2)14)13-10(15)16-11(3,4)5/h8H,6-7H2,1-5H3,(H,12,14)(H,13,15)/t8-/m0/s1. The fraction of sp³-hybridized carbons (Fsp3) is 0.818. The van der Waals surface area contributed by atoms with E-state index < -0.39 is 11.7 Å². The molecule has 0 aliphatic carbocycles. The van der Waals surface area contributed by atoms with Crippen molar-refractivity contribution in [2.75, 3.05) is 11.6 Å². The maximum Gasteiger partial charge on any atom is 0.407 e. The van der Waals surface area contributed by atoms with E-state index in [1.54, 1.807) is 11.8 Å². The molecule has 0 fully saturated rings. The fourth-order valence-electron chi connectivity index (χ4n) is 0.939. The lowest BCUT2D eigenvalue weighted by Crippen LogP contribution is -2.39. The molecule has 2 amide bonds. The second-order valence-electron chi connectivity index (χ2n) is 4.80. The van der Waals surface area contributed by atoms with E-state index in [2.05, 4.69) is 10.6 Å². The smallest absolute Gasteiger partial charge is 0.407 e. The van der Waals surface area contributed by atoms with Crippen molar-refractivity contribution >= 4 is 23.8 Å². The highest BCUT2D eigenvalue weighted by Gasteiger charge is 2.17. The third-order valence-electron chi connectivity index (χ3n) is 1.55. The van der Waals surface area contributed by atoms with Gasteiger partial charge in [-0.3, -0.25) is 4.79 Å². The molecule has 0 heterocycles. The molecule has 0 bridgehead atoms. The van der Waals surface area contributed by atoms with Crippen molar-refractivity contribution in [2.45, 2.75) is 46.3 Å². The summed E-state index contributed by atoms with van der Waals surface area (Å²) in [5.41, 5.74) is -0.479. The normalized spacial score (nSPS) is 12.8. The first-order valence-electron chi connectivity index (χ1n) is 5.52. The van der Waals surface area contributed by atoms with Crippen molar-refractivity contribution in [3.05, 3.63) is 0 Å². The van der Waals surface area contributed by atoms with Gasteiger partial charge in [0.15, 0.2) is 0 Å². The number of carbonyl (C=O) groups is 2. The first-order chi connectivity index (χ1) is 7.70. The van der Waals surface area contributed by atoms with Crippen LogP contribution in [0.5, 0.6) is 0 Å². The molecule has 0 rings (SSSR count). The van der Waals surface area contributed by atoms with Crippen LogP contribution in [0.4, 0.5) is 4.79 Å². The monoisotopic (exact) mass is 262 g/mol. The Labute approximate surface area is 107 Å². The van der Waals surface area contributed by atoms with Crippen molar-refractivity contribution in [3.8, 4) is 0 Å². The molecule has 0 unspecified atom stereocenters. The number of nitrogens with one attached hydrogen (secondary N) is 2. The molecular weight excluding hydrogens is 240 g/mol. The van der Waals surface area contributed by atoms with Crippen LogP contribution in [0.3, 0.4) is 0 Å². The summed E-state index contributed by atoms with van der Waals surface area (Å²) in [6, 6.07) is 0.00334. The summed E-state index contributed by atoms with van der Waals surface area (Å²) < 4.78 is 5.12. The number of rotatable bonds is 5. The molecule has 0 aromatic carbocycles. The Morgan fingerprint density at radius 3 is 2.41 bits per heavy atom. The zero-order valence-electron chi connectivity index (χ0n) is 11.1. The molecule has 0 aliphatic rings. The average Bonchev–Trinajstić information content (AvgIpc) is 2.08. The van der Waals surface area contributed by atoms with Gasteiger partial charge in [0.1, 0.15) is 5.60 Å². The van der Waals surface area contributed by atoms with E-state index in [0.29, 0.717) is 5.88 Å². The Kier molecular flexibility index (Phi) is 7.03. The van der Waals surface area contributed by atoms with E-state index in [0.717, 1.165) is 5.75 Å². The third-order valence-corrected chi connectivity index (χ3v) is 2.64. The highest BCUT2D eigenvalue weighted by atomic mass is 32.2. The molecule has 0 aliphatic heterocycles. The Hall–Kier alpha value is -0.910. The first-order valence-corrected chi connectivity index (χ1v) is 6.68. The molecule has 0 aromatic heterocycles. The molecule has 0 saturated carbocycles. The Morgan fingerprint density at radius 2 is 1.94 bits per heavy atom. The summed E-state index contributed by atoms with van der Waals surface area (Å²) in [4.78, 5) is 22.0. The molecule has 5 nitrogen and oxygen atoms in total. The molecule has 1 atom stereocenters. The Balaban J connectivity index is 3.68. The summed E-state index contributed by atoms with van der Waals surface area (Å²) in [6.07, 6.45) is -0.412. The van der Waals surface area contributed by atoms with Gasteiger partial charge >= 0.3 is 6.09 Å². The van der Waals surface area contributed by atoms with Gasteiger partial charge in [-0.25, -0.2) is 4.79 Å². The zero-order valence-corrected chi connectivity index (χ0v) is 11.9. The van der Waals surface area contributed by atoms with Gasteiger partial charge < -0.3 is 15.4 Å². The molecule has 100 valence electrons. The number of hydrogen-bond acceptors (Lipinski definition) is 4. The molecule has 2 N–H and O–H groups in total. The lowest BCUT2D eigenvalue weighted by Gasteiger charge is -2.21. The van der Waals surface area contributed by atoms with Crippen molar-refractivity contribution < 1.29 is 14.3 Å². The van der Waals surface area contributed by atoms with E-state index in [9.17, 15) is 9.59 Å². The molecule has 0 aromatic rings. The van der Waals surface area contributed by atoms with E-state index in [-0.39, 0.29) is 11.9 Å². The van der Waals surface area contributed by atoms with Crippen LogP contribution < -0.4 is 10.6 Å². The van der Waals surface area contributed by atoms with Crippen LogP contribution in [-0.4, -0.2) is 35.3 Å². The maximum atomic E-state index is 11.4. The summed E-state index contributed by atoms with van der Waals surface area (Å²) in [7, 11) is 0. The van der Waals surface area contributed by atoms with Crippen LogP contribution in [0.25, 0.3) is 0 Å². The largest absolute Gasteiger partial charge is 0.444 e. The maximum absolute atomic E-state index is 11.4. The number of ether oxygens (including phenoxy) is 1. The molecule has 0 radical (unpaired) electrons. The van der Waals surface area contributed by atoms with Gasteiger partial charge in [-0.15, -0.1) is 11.8 Å². The van der Waals surface area contributed by atoms with E-state index in [1.165, 1.54) is 6.92 Å². The highest BCUT2D eigenvalue weighted by Crippen LogP contribution is 2.07. The minimum absolute atomic E-state index is 0.00334. The van der Waals surface area contributed by atoms with Crippen molar-refractivity contribution in [1.29, 1.82) is 0 Å². The summed E-state index contributed by atoms with van der Waals surface area (Å²) in [5.74, 6) is 1.22. The highest BCUT2D eigenvalue weighted by molar-refractivity contribution is 7.99. The van der Waals surface area contributed by atoms with Crippen LogP contribution in [0, 0.1) is 0 Å². The summed E-state index contributed by atoms with van der Waals surface area (Å²) in [5, 5.41) is 5.40. The Bertz CT molecular complexity index is 264. The number of thioether (sulfide) groups is 1. The minimum atomic E-state index is -0.479. The van der Waals surface area contributed by atoms with Crippen LogP contribution in [0.15, 0.2) is 0 Å². The van der Waals surface area contributed by atoms with E-state index in [1.807, 2.05) is 27.7 Å². The second kappa shape index (κ2) is 7.42.